The van der Waals surface area contributed by atoms with Gasteiger partial charge in [0.1, 0.15) is 11.5 Å². The van der Waals surface area contributed by atoms with Gasteiger partial charge in [-0.2, -0.15) is 13.2 Å². The lowest BCUT2D eigenvalue weighted by Gasteiger charge is -2.16. The third-order valence-electron chi connectivity index (χ3n) is 4.00. The van der Waals surface area contributed by atoms with E-state index in [2.05, 4.69) is 15.4 Å². The molecule has 2 rings (SSSR count). The van der Waals surface area contributed by atoms with Gasteiger partial charge in [0.2, 0.25) is 0 Å². The van der Waals surface area contributed by atoms with Gasteiger partial charge in [0.05, 0.1) is 13.2 Å². The van der Waals surface area contributed by atoms with Crippen LogP contribution in [-0.2, 0) is 6.42 Å². The summed E-state index contributed by atoms with van der Waals surface area (Å²) in [6.45, 7) is 0.878. The number of nitrogens with one attached hydrogen (secondary N) is 2. The molecule has 28 heavy (non-hydrogen) atoms. The van der Waals surface area contributed by atoms with E-state index >= 15 is 0 Å². The molecule has 2 aromatic rings. The Kier molecular flexibility index (Phi) is 7.54. The Morgan fingerprint density at radius 3 is 2.43 bits per heavy atom. The highest BCUT2D eigenvalue weighted by Gasteiger charge is 2.28. The summed E-state index contributed by atoms with van der Waals surface area (Å²) in [6, 6.07) is 13.0. The summed E-state index contributed by atoms with van der Waals surface area (Å²) >= 11 is 0. The van der Waals surface area contributed by atoms with Crippen molar-refractivity contribution in [2.45, 2.75) is 25.6 Å². The van der Waals surface area contributed by atoms with Gasteiger partial charge in [-0.1, -0.05) is 30.3 Å². The van der Waals surface area contributed by atoms with E-state index in [1.165, 1.54) is 12.1 Å². The van der Waals surface area contributed by atoms with E-state index in [9.17, 15) is 18.0 Å². The van der Waals surface area contributed by atoms with E-state index in [1.54, 1.807) is 26.2 Å². The lowest BCUT2D eigenvalue weighted by Crippen LogP contribution is -2.38. The second-order valence-electron chi connectivity index (χ2n) is 6.16. The first-order chi connectivity index (χ1) is 13.3. The largest absolute Gasteiger partial charge is 0.496 e. The van der Waals surface area contributed by atoms with Crippen molar-refractivity contribution in [1.82, 2.24) is 10.6 Å². The summed E-state index contributed by atoms with van der Waals surface area (Å²) in [5.74, 6) is 0.889. The molecule has 0 aliphatic heterocycles. The van der Waals surface area contributed by atoms with Crippen LogP contribution in [0.3, 0.4) is 0 Å². The topological polar surface area (TPSA) is 59.6 Å². The summed E-state index contributed by atoms with van der Waals surface area (Å²) in [5.41, 5.74) is 1.74. The van der Waals surface area contributed by atoms with E-state index in [0.717, 1.165) is 16.9 Å². The predicted molar refractivity (Wildman–Crippen MR) is 99.6 cm³/mol. The Morgan fingerprint density at radius 1 is 1.11 bits per heavy atom. The molecule has 0 fully saturated rings. The van der Waals surface area contributed by atoms with Crippen molar-refractivity contribution in [3.05, 3.63) is 59.7 Å². The van der Waals surface area contributed by atoms with Crippen molar-refractivity contribution < 1.29 is 27.4 Å². The third-order valence-corrected chi connectivity index (χ3v) is 4.00. The molecule has 0 aromatic heterocycles. The number of halogens is 3. The number of rotatable bonds is 8. The van der Waals surface area contributed by atoms with Crippen LogP contribution in [0.1, 0.15) is 24.1 Å². The Morgan fingerprint density at radius 2 is 1.79 bits per heavy atom. The first-order valence-electron chi connectivity index (χ1n) is 8.74. The average molecular weight is 396 g/mol. The Bertz CT molecular complexity index is 764. The van der Waals surface area contributed by atoms with Gasteiger partial charge in [0.15, 0.2) is 6.61 Å². The first kappa shape index (κ1) is 21.4. The molecule has 0 saturated heterocycles. The van der Waals surface area contributed by atoms with Gasteiger partial charge in [0, 0.05) is 6.54 Å². The molecule has 0 aliphatic rings. The summed E-state index contributed by atoms with van der Waals surface area (Å²) in [5, 5.41) is 5.56. The molecule has 5 nitrogen and oxygen atoms in total. The minimum atomic E-state index is -4.38. The molecule has 2 aromatic carbocycles. The Labute approximate surface area is 161 Å². The second kappa shape index (κ2) is 9.87. The molecular weight excluding hydrogens is 373 g/mol. The lowest BCUT2D eigenvalue weighted by atomic mass is 10.1. The smallest absolute Gasteiger partial charge is 0.422 e. The number of amides is 2. The molecule has 0 spiro atoms. The second-order valence-corrected chi connectivity index (χ2v) is 6.16. The van der Waals surface area contributed by atoms with Crippen molar-refractivity contribution in [2.24, 2.45) is 0 Å². The standard InChI is InChI=1S/C20H23F3N2O3/c1-14(15-7-9-17(10-8-15)28-13-20(21,22)23)25-19(26)24-12-11-16-5-3-4-6-18(16)27-2/h3-10,14H,11-13H2,1-2H3,(H2,24,25,26). The number of methoxy groups -OCH3 is 1. The van der Waals surface area contributed by atoms with Gasteiger partial charge in [-0.05, 0) is 42.7 Å². The number of alkyl halides is 3. The van der Waals surface area contributed by atoms with Crippen molar-refractivity contribution >= 4 is 6.03 Å². The molecule has 1 atom stereocenters. The number of carbonyl (C=O) groups is 1. The molecule has 0 heterocycles. The van der Waals surface area contributed by atoms with Gasteiger partial charge >= 0.3 is 12.2 Å². The zero-order valence-corrected chi connectivity index (χ0v) is 15.7. The van der Waals surface area contributed by atoms with E-state index in [1.807, 2.05) is 24.3 Å². The quantitative estimate of drug-likeness (QED) is 0.702. The van der Waals surface area contributed by atoms with Crippen LogP contribution in [0, 0.1) is 0 Å². The summed E-state index contributed by atoms with van der Waals surface area (Å²) in [4.78, 5) is 12.0. The van der Waals surface area contributed by atoms with Gasteiger partial charge in [0.25, 0.3) is 0 Å². The minimum absolute atomic E-state index is 0.120. The van der Waals surface area contributed by atoms with Crippen LogP contribution < -0.4 is 20.1 Å². The lowest BCUT2D eigenvalue weighted by molar-refractivity contribution is -0.153. The number of urea groups is 1. The fourth-order valence-corrected chi connectivity index (χ4v) is 2.57. The molecule has 2 N–H and O–H groups in total. The summed E-state index contributed by atoms with van der Waals surface area (Å²) in [7, 11) is 1.60. The molecular formula is C20H23F3N2O3. The maximum absolute atomic E-state index is 12.2. The van der Waals surface area contributed by atoms with Gasteiger partial charge in [-0.15, -0.1) is 0 Å². The number of carbonyl (C=O) groups excluding carboxylic acids is 1. The predicted octanol–water partition coefficient (Wildman–Crippen LogP) is 4.24. The molecule has 8 heteroatoms. The van der Waals surface area contributed by atoms with Gasteiger partial charge < -0.3 is 20.1 Å². The van der Waals surface area contributed by atoms with Gasteiger partial charge in [-0.25, -0.2) is 4.79 Å². The van der Waals surface area contributed by atoms with Crippen LogP contribution in [0.4, 0.5) is 18.0 Å². The van der Waals surface area contributed by atoms with E-state index in [0.29, 0.717) is 13.0 Å². The Hall–Kier alpha value is -2.90. The normalized spacial score (nSPS) is 12.2. The average Bonchev–Trinajstić information content (AvgIpc) is 2.66. The van der Waals surface area contributed by atoms with Crippen LogP contribution in [0.25, 0.3) is 0 Å². The SMILES string of the molecule is COc1ccccc1CCNC(=O)NC(C)c1ccc(OCC(F)(F)F)cc1. The molecule has 0 saturated carbocycles. The fourth-order valence-electron chi connectivity index (χ4n) is 2.57. The van der Waals surface area contributed by atoms with Crippen molar-refractivity contribution in [3.8, 4) is 11.5 Å². The number of benzene rings is 2. The summed E-state index contributed by atoms with van der Waals surface area (Å²) in [6.07, 6.45) is -3.76. The molecule has 152 valence electrons. The van der Waals surface area contributed by atoms with Crippen LogP contribution >= 0.6 is 0 Å². The van der Waals surface area contributed by atoms with Crippen LogP contribution in [0.2, 0.25) is 0 Å². The van der Waals surface area contributed by atoms with Gasteiger partial charge in [-0.3, -0.25) is 0 Å². The van der Waals surface area contributed by atoms with Crippen LogP contribution in [-0.4, -0.2) is 32.5 Å². The van der Waals surface area contributed by atoms with Crippen LogP contribution in [0.15, 0.2) is 48.5 Å². The monoisotopic (exact) mass is 396 g/mol. The van der Waals surface area contributed by atoms with Crippen molar-refractivity contribution in [2.75, 3.05) is 20.3 Å². The van der Waals surface area contributed by atoms with E-state index < -0.39 is 12.8 Å². The highest BCUT2D eigenvalue weighted by Crippen LogP contribution is 2.21. The minimum Gasteiger partial charge on any atom is -0.496 e. The maximum atomic E-state index is 12.2. The highest BCUT2D eigenvalue weighted by atomic mass is 19.4. The Balaban J connectivity index is 1.78. The molecule has 0 radical (unpaired) electrons. The van der Waals surface area contributed by atoms with Crippen molar-refractivity contribution in [1.29, 1.82) is 0 Å². The van der Waals surface area contributed by atoms with Crippen LogP contribution in [0.5, 0.6) is 11.5 Å². The highest BCUT2D eigenvalue weighted by molar-refractivity contribution is 5.74. The number of hydrogen-bond acceptors (Lipinski definition) is 3. The molecule has 0 bridgehead atoms. The fraction of sp³-hybridized carbons (Fsp3) is 0.350. The zero-order valence-electron chi connectivity index (χ0n) is 15.7. The number of hydrogen-bond donors (Lipinski definition) is 2. The number of para-hydroxylation sites is 1. The third kappa shape index (κ3) is 7.02. The summed E-state index contributed by atoms with van der Waals surface area (Å²) < 4.78 is 46.4. The zero-order chi connectivity index (χ0) is 20.6. The number of ether oxygens (including phenoxy) is 2. The molecule has 2 amide bonds. The molecule has 1 unspecified atom stereocenters. The van der Waals surface area contributed by atoms with Crippen molar-refractivity contribution in [3.63, 3.8) is 0 Å². The first-order valence-corrected chi connectivity index (χ1v) is 8.74. The molecule has 0 aliphatic carbocycles. The van der Waals surface area contributed by atoms with E-state index in [4.69, 9.17) is 4.74 Å². The maximum Gasteiger partial charge on any atom is 0.422 e. The van der Waals surface area contributed by atoms with E-state index in [-0.39, 0.29) is 17.8 Å².